The van der Waals surface area contributed by atoms with Crippen LogP contribution in [0.4, 0.5) is 0 Å². The number of rotatable bonds is 8. The molecule has 1 atom stereocenters. The second-order valence-electron chi connectivity index (χ2n) is 4.62. The molecule has 0 saturated carbocycles. The maximum atomic E-state index is 5.65. The van der Waals surface area contributed by atoms with Crippen LogP contribution in [0.1, 0.15) is 39.5 Å². The molecule has 0 amide bonds. The second kappa shape index (κ2) is 8.97. The van der Waals surface area contributed by atoms with E-state index in [4.69, 9.17) is 9.47 Å². The van der Waals surface area contributed by atoms with Gasteiger partial charge in [0, 0.05) is 25.9 Å². The molecule has 0 bridgehead atoms. The van der Waals surface area contributed by atoms with Crippen molar-refractivity contribution in [3.8, 4) is 0 Å². The highest BCUT2D eigenvalue weighted by Crippen LogP contribution is 2.20. The van der Waals surface area contributed by atoms with Crippen molar-refractivity contribution in [2.75, 3.05) is 33.0 Å². The lowest BCUT2D eigenvalue weighted by atomic mass is 9.93. The lowest BCUT2D eigenvalue weighted by Gasteiger charge is -2.27. The molecule has 1 heterocycles. The molecule has 1 aliphatic rings. The molecule has 0 aliphatic carbocycles. The lowest BCUT2D eigenvalue weighted by molar-refractivity contribution is 0.0506. The smallest absolute Gasteiger partial charge is 0.0619 e. The Morgan fingerprint density at radius 1 is 1.31 bits per heavy atom. The van der Waals surface area contributed by atoms with Crippen molar-refractivity contribution < 1.29 is 9.47 Å². The van der Waals surface area contributed by atoms with Gasteiger partial charge in [-0.15, -0.1) is 0 Å². The Hall–Kier alpha value is -0.120. The molecule has 3 nitrogen and oxygen atoms in total. The third-order valence-corrected chi connectivity index (χ3v) is 3.12. The summed E-state index contributed by atoms with van der Waals surface area (Å²) < 4.78 is 11.0. The molecule has 0 spiro atoms. The van der Waals surface area contributed by atoms with Crippen molar-refractivity contribution in [1.82, 2.24) is 5.32 Å². The fourth-order valence-electron chi connectivity index (χ4n) is 2.25. The van der Waals surface area contributed by atoms with Crippen LogP contribution in [-0.2, 0) is 9.47 Å². The first-order valence-electron chi connectivity index (χ1n) is 6.75. The van der Waals surface area contributed by atoms with Crippen LogP contribution < -0.4 is 5.32 Å². The summed E-state index contributed by atoms with van der Waals surface area (Å²) in [4.78, 5) is 0. The highest BCUT2D eigenvalue weighted by molar-refractivity contribution is 4.73. The van der Waals surface area contributed by atoms with E-state index in [1.807, 2.05) is 0 Å². The molecule has 16 heavy (non-hydrogen) atoms. The average molecular weight is 229 g/mol. The minimum atomic E-state index is 0.527. The third-order valence-electron chi connectivity index (χ3n) is 3.12. The fourth-order valence-corrected chi connectivity index (χ4v) is 2.25. The molecular weight excluding hydrogens is 202 g/mol. The van der Waals surface area contributed by atoms with Gasteiger partial charge < -0.3 is 14.8 Å². The van der Waals surface area contributed by atoms with Crippen LogP contribution in [0.15, 0.2) is 0 Å². The van der Waals surface area contributed by atoms with Gasteiger partial charge in [0.05, 0.1) is 6.61 Å². The molecule has 96 valence electrons. The number of ether oxygens (including phenoxy) is 2. The fraction of sp³-hybridized carbons (Fsp3) is 1.00. The summed E-state index contributed by atoms with van der Waals surface area (Å²) in [6.45, 7) is 8.98. The van der Waals surface area contributed by atoms with E-state index in [9.17, 15) is 0 Å². The Bertz CT molecular complexity index is 158. The summed E-state index contributed by atoms with van der Waals surface area (Å²) in [5.74, 6) is 0.822. The minimum Gasteiger partial charge on any atom is -0.381 e. The average Bonchev–Trinajstić information content (AvgIpc) is 2.31. The normalized spacial score (nSPS) is 19.9. The summed E-state index contributed by atoms with van der Waals surface area (Å²) in [7, 11) is 0. The van der Waals surface area contributed by atoms with Crippen LogP contribution >= 0.6 is 0 Å². The molecule has 1 aliphatic heterocycles. The minimum absolute atomic E-state index is 0.527. The number of hydrogen-bond acceptors (Lipinski definition) is 3. The summed E-state index contributed by atoms with van der Waals surface area (Å²) in [6, 6.07) is 0.527. The number of nitrogens with one attached hydrogen (secondary N) is 1. The third kappa shape index (κ3) is 5.83. The van der Waals surface area contributed by atoms with E-state index in [1.165, 1.54) is 19.3 Å². The summed E-state index contributed by atoms with van der Waals surface area (Å²) in [6.07, 6.45) is 4.78. The summed E-state index contributed by atoms with van der Waals surface area (Å²) in [5.41, 5.74) is 0. The quantitative estimate of drug-likeness (QED) is 0.647. The van der Waals surface area contributed by atoms with Gasteiger partial charge in [0.25, 0.3) is 0 Å². The first kappa shape index (κ1) is 13.9. The molecule has 1 unspecified atom stereocenters. The van der Waals surface area contributed by atoms with Crippen LogP contribution in [0, 0.1) is 5.92 Å². The topological polar surface area (TPSA) is 30.5 Å². The molecule has 0 aromatic heterocycles. The lowest BCUT2D eigenvalue weighted by Crippen LogP contribution is -2.36. The van der Waals surface area contributed by atoms with Crippen LogP contribution in [-0.4, -0.2) is 39.0 Å². The van der Waals surface area contributed by atoms with Crippen LogP contribution in [0.5, 0.6) is 0 Å². The Kier molecular flexibility index (Phi) is 7.81. The number of hydrogen-bond donors (Lipinski definition) is 1. The Balaban J connectivity index is 2.19. The molecule has 3 heteroatoms. The van der Waals surface area contributed by atoms with Gasteiger partial charge in [-0.2, -0.15) is 0 Å². The molecule has 0 aromatic carbocycles. The van der Waals surface area contributed by atoms with Gasteiger partial charge in [-0.05, 0) is 38.1 Å². The van der Waals surface area contributed by atoms with E-state index in [-0.39, 0.29) is 0 Å². The van der Waals surface area contributed by atoms with Crippen molar-refractivity contribution >= 4 is 0 Å². The maximum absolute atomic E-state index is 5.65. The van der Waals surface area contributed by atoms with Crippen molar-refractivity contribution in [2.24, 2.45) is 5.92 Å². The standard InChI is InChI=1S/C13H27NO2/c1-3-7-16-11-13(14-4-2)10-12-5-8-15-9-6-12/h12-14H,3-11H2,1-2H3. The van der Waals surface area contributed by atoms with E-state index >= 15 is 0 Å². The van der Waals surface area contributed by atoms with Gasteiger partial charge in [0.2, 0.25) is 0 Å². The van der Waals surface area contributed by atoms with E-state index < -0.39 is 0 Å². The molecule has 1 saturated heterocycles. The van der Waals surface area contributed by atoms with Crippen LogP contribution in [0.2, 0.25) is 0 Å². The van der Waals surface area contributed by atoms with Crippen molar-refractivity contribution in [3.63, 3.8) is 0 Å². The van der Waals surface area contributed by atoms with Gasteiger partial charge in [-0.3, -0.25) is 0 Å². The Morgan fingerprint density at radius 2 is 2.06 bits per heavy atom. The van der Waals surface area contributed by atoms with E-state index in [0.717, 1.165) is 45.3 Å². The molecule has 1 rings (SSSR count). The molecular formula is C13H27NO2. The maximum Gasteiger partial charge on any atom is 0.0619 e. The predicted molar refractivity (Wildman–Crippen MR) is 66.7 cm³/mol. The van der Waals surface area contributed by atoms with Crippen molar-refractivity contribution in [2.45, 2.75) is 45.6 Å². The van der Waals surface area contributed by atoms with Crippen molar-refractivity contribution in [1.29, 1.82) is 0 Å². The summed E-state index contributed by atoms with van der Waals surface area (Å²) in [5, 5.41) is 3.52. The zero-order valence-electron chi connectivity index (χ0n) is 10.8. The Morgan fingerprint density at radius 3 is 2.69 bits per heavy atom. The van der Waals surface area contributed by atoms with Gasteiger partial charge >= 0.3 is 0 Å². The van der Waals surface area contributed by atoms with Gasteiger partial charge in [-0.25, -0.2) is 0 Å². The van der Waals surface area contributed by atoms with Crippen LogP contribution in [0.3, 0.4) is 0 Å². The molecule has 0 radical (unpaired) electrons. The molecule has 0 aromatic rings. The SMILES string of the molecule is CCCOCC(CC1CCOCC1)NCC. The highest BCUT2D eigenvalue weighted by Gasteiger charge is 2.18. The van der Waals surface area contributed by atoms with Gasteiger partial charge in [0.15, 0.2) is 0 Å². The monoisotopic (exact) mass is 229 g/mol. The zero-order valence-corrected chi connectivity index (χ0v) is 10.8. The highest BCUT2D eigenvalue weighted by atomic mass is 16.5. The predicted octanol–water partition coefficient (Wildman–Crippen LogP) is 2.21. The van der Waals surface area contributed by atoms with Gasteiger partial charge in [-0.1, -0.05) is 13.8 Å². The van der Waals surface area contributed by atoms with E-state index in [2.05, 4.69) is 19.2 Å². The first-order chi connectivity index (χ1) is 7.86. The first-order valence-corrected chi connectivity index (χ1v) is 6.75. The van der Waals surface area contributed by atoms with E-state index in [0.29, 0.717) is 6.04 Å². The molecule has 1 N–H and O–H groups in total. The second-order valence-corrected chi connectivity index (χ2v) is 4.62. The van der Waals surface area contributed by atoms with E-state index in [1.54, 1.807) is 0 Å². The Labute approximate surface area is 99.9 Å². The van der Waals surface area contributed by atoms with Gasteiger partial charge in [0.1, 0.15) is 0 Å². The summed E-state index contributed by atoms with van der Waals surface area (Å²) >= 11 is 0. The zero-order chi connectivity index (χ0) is 11.6. The largest absolute Gasteiger partial charge is 0.381 e. The molecule has 1 fully saturated rings. The van der Waals surface area contributed by atoms with Crippen LogP contribution in [0.25, 0.3) is 0 Å². The van der Waals surface area contributed by atoms with Crippen molar-refractivity contribution in [3.05, 3.63) is 0 Å². The number of likely N-dealkylation sites (N-methyl/N-ethyl adjacent to an activating group) is 1.